The molecule has 98 valence electrons. The van der Waals surface area contributed by atoms with Gasteiger partial charge in [0.05, 0.1) is 13.2 Å². The largest absolute Gasteiger partial charge is 0.379 e. The van der Waals surface area contributed by atoms with E-state index in [4.69, 9.17) is 10.5 Å². The van der Waals surface area contributed by atoms with Crippen molar-refractivity contribution in [2.75, 3.05) is 32.8 Å². The van der Waals surface area contributed by atoms with Gasteiger partial charge in [-0.1, -0.05) is 0 Å². The van der Waals surface area contributed by atoms with Gasteiger partial charge in [-0.15, -0.1) is 0 Å². The van der Waals surface area contributed by atoms with E-state index in [1.807, 2.05) is 0 Å². The number of carbonyl (C=O) groups is 1. The molecule has 0 aromatic carbocycles. The molecule has 1 aromatic heterocycles. The quantitative estimate of drug-likeness (QED) is 0.766. The van der Waals surface area contributed by atoms with Crippen molar-refractivity contribution >= 4 is 5.91 Å². The van der Waals surface area contributed by atoms with Gasteiger partial charge in [0.15, 0.2) is 0 Å². The number of hydrogen-bond donors (Lipinski definition) is 1. The van der Waals surface area contributed by atoms with Gasteiger partial charge in [-0.25, -0.2) is 0 Å². The van der Waals surface area contributed by atoms with Gasteiger partial charge in [0.2, 0.25) is 0 Å². The van der Waals surface area contributed by atoms with Gasteiger partial charge in [0.25, 0.3) is 11.5 Å². The minimum atomic E-state index is -0.680. The van der Waals surface area contributed by atoms with Gasteiger partial charge >= 0.3 is 0 Å². The fraction of sp³-hybridized carbons (Fsp3) is 0.500. The Kier molecular flexibility index (Phi) is 4.11. The highest BCUT2D eigenvalue weighted by Gasteiger charge is 2.12. The minimum Gasteiger partial charge on any atom is -0.379 e. The number of nitrogens with zero attached hydrogens (tertiary/aromatic N) is 2. The Balaban J connectivity index is 2.03. The van der Waals surface area contributed by atoms with Gasteiger partial charge in [0.1, 0.15) is 5.56 Å². The standard InChI is InChI=1S/C12H17N3O3/c13-11(16)10-2-1-3-15(12(10)17)5-4-14-6-8-18-9-7-14/h1-3H,4-9H2,(H2,13,16). The number of amides is 1. The first kappa shape index (κ1) is 12.8. The van der Waals surface area contributed by atoms with E-state index in [-0.39, 0.29) is 11.1 Å². The summed E-state index contributed by atoms with van der Waals surface area (Å²) in [5, 5.41) is 0. The number of ether oxygens (including phenoxy) is 1. The normalized spacial score (nSPS) is 16.7. The van der Waals surface area contributed by atoms with Crippen molar-refractivity contribution < 1.29 is 9.53 Å². The lowest BCUT2D eigenvalue weighted by atomic mass is 10.2. The molecule has 2 rings (SSSR count). The predicted octanol–water partition coefficient (Wildman–Crippen LogP) is -0.721. The molecule has 1 fully saturated rings. The third-order valence-electron chi connectivity index (χ3n) is 3.05. The van der Waals surface area contributed by atoms with Crippen LogP contribution in [0, 0.1) is 0 Å². The van der Waals surface area contributed by atoms with Crippen LogP contribution in [0.1, 0.15) is 10.4 Å². The molecule has 0 unspecified atom stereocenters. The van der Waals surface area contributed by atoms with Crippen molar-refractivity contribution in [3.8, 4) is 0 Å². The Morgan fingerprint density at radius 1 is 1.33 bits per heavy atom. The molecule has 1 aliphatic rings. The predicted molar refractivity (Wildman–Crippen MR) is 66.5 cm³/mol. The third kappa shape index (κ3) is 2.96. The monoisotopic (exact) mass is 251 g/mol. The number of carbonyl (C=O) groups excluding carboxylic acids is 1. The summed E-state index contributed by atoms with van der Waals surface area (Å²) in [6.45, 7) is 4.55. The van der Waals surface area contributed by atoms with Crippen molar-refractivity contribution in [3.63, 3.8) is 0 Å². The number of nitrogens with two attached hydrogens (primary N) is 1. The van der Waals surface area contributed by atoms with Crippen LogP contribution < -0.4 is 11.3 Å². The molecule has 18 heavy (non-hydrogen) atoms. The average Bonchev–Trinajstić information content (AvgIpc) is 2.38. The molecule has 1 aliphatic heterocycles. The fourth-order valence-electron chi connectivity index (χ4n) is 1.97. The molecule has 6 heteroatoms. The molecule has 2 N–H and O–H groups in total. The van der Waals surface area contributed by atoms with E-state index in [9.17, 15) is 9.59 Å². The maximum atomic E-state index is 11.9. The van der Waals surface area contributed by atoms with E-state index < -0.39 is 5.91 Å². The highest BCUT2D eigenvalue weighted by Crippen LogP contribution is 1.97. The summed E-state index contributed by atoms with van der Waals surface area (Å²) >= 11 is 0. The third-order valence-corrected chi connectivity index (χ3v) is 3.05. The number of morpholine rings is 1. The summed E-state index contributed by atoms with van der Waals surface area (Å²) in [6, 6.07) is 3.12. The van der Waals surface area contributed by atoms with Crippen LogP contribution in [-0.2, 0) is 11.3 Å². The molecule has 0 atom stereocenters. The van der Waals surface area contributed by atoms with Crippen molar-refractivity contribution in [1.29, 1.82) is 0 Å². The van der Waals surface area contributed by atoms with Crippen LogP contribution in [-0.4, -0.2) is 48.2 Å². The first-order chi connectivity index (χ1) is 8.68. The Hall–Kier alpha value is -1.66. The highest BCUT2D eigenvalue weighted by molar-refractivity contribution is 5.92. The van der Waals surface area contributed by atoms with Crippen molar-refractivity contribution in [2.24, 2.45) is 5.73 Å². The SMILES string of the molecule is NC(=O)c1cccn(CCN2CCOCC2)c1=O. The molecule has 1 aromatic rings. The molecule has 0 saturated carbocycles. The Morgan fingerprint density at radius 2 is 2.06 bits per heavy atom. The maximum Gasteiger partial charge on any atom is 0.263 e. The molecule has 6 nitrogen and oxygen atoms in total. The molecule has 0 spiro atoms. The zero-order valence-corrected chi connectivity index (χ0v) is 10.2. The number of primary amides is 1. The topological polar surface area (TPSA) is 77.6 Å². The number of aromatic nitrogens is 1. The van der Waals surface area contributed by atoms with E-state index in [2.05, 4.69) is 4.90 Å². The molecule has 0 aliphatic carbocycles. The van der Waals surface area contributed by atoms with Crippen LogP contribution in [0.2, 0.25) is 0 Å². The lowest BCUT2D eigenvalue weighted by Crippen LogP contribution is -2.39. The van der Waals surface area contributed by atoms with E-state index in [0.717, 1.165) is 32.8 Å². The van der Waals surface area contributed by atoms with Crippen molar-refractivity contribution in [3.05, 3.63) is 34.2 Å². The molecule has 1 amide bonds. The van der Waals surface area contributed by atoms with Gasteiger partial charge in [-0.3, -0.25) is 14.5 Å². The first-order valence-corrected chi connectivity index (χ1v) is 5.98. The van der Waals surface area contributed by atoms with Crippen molar-refractivity contribution in [2.45, 2.75) is 6.54 Å². The average molecular weight is 251 g/mol. The molecular weight excluding hydrogens is 234 g/mol. The van der Waals surface area contributed by atoms with E-state index in [1.165, 1.54) is 10.6 Å². The molecule has 2 heterocycles. The first-order valence-electron chi connectivity index (χ1n) is 5.98. The van der Waals surface area contributed by atoms with Crippen LogP contribution in [0.4, 0.5) is 0 Å². The summed E-state index contributed by atoms with van der Waals surface area (Å²) in [6.07, 6.45) is 1.68. The van der Waals surface area contributed by atoms with Crippen LogP contribution in [0.5, 0.6) is 0 Å². The van der Waals surface area contributed by atoms with Crippen LogP contribution in [0.15, 0.2) is 23.1 Å². The smallest absolute Gasteiger partial charge is 0.263 e. The van der Waals surface area contributed by atoms with E-state index in [0.29, 0.717) is 6.54 Å². The molecule has 0 radical (unpaired) electrons. The Labute approximate surface area is 105 Å². The molecule has 1 saturated heterocycles. The van der Waals surface area contributed by atoms with E-state index in [1.54, 1.807) is 12.3 Å². The van der Waals surface area contributed by atoms with Gasteiger partial charge in [-0.2, -0.15) is 0 Å². The van der Waals surface area contributed by atoms with Crippen LogP contribution >= 0.6 is 0 Å². The summed E-state index contributed by atoms with van der Waals surface area (Å²) in [5.74, 6) is -0.680. The Morgan fingerprint density at radius 3 is 2.72 bits per heavy atom. The maximum absolute atomic E-state index is 11.9. The summed E-state index contributed by atoms with van der Waals surface area (Å²) in [7, 11) is 0. The Bertz CT molecular complexity index is 478. The van der Waals surface area contributed by atoms with Gasteiger partial charge < -0.3 is 15.0 Å². The van der Waals surface area contributed by atoms with Gasteiger partial charge in [-0.05, 0) is 12.1 Å². The lowest BCUT2D eigenvalue weighted by Gasteiger charge is -2.26. The number of hydrogen-bond acceptors (Lipinski definition) is 4. The summed E-state index contributed by atoms with van der Waals surface area (Å²) < 4.78 is 6.78. The van der Waals surface area contributed by atoms with Crippen LogP contribution in [0.3, 0.4) is 0 Å². The fourth-order valence-corrected chi connectivity index (χ4v) is 1.97. The summed E-state index contributed by atoms with van der Waals surface area (Å²) in [5.41, 5.74) is 4.86. The summed E-state index contributed by atoms with van der Waals surface area (Å²) in [4.78, 5) is 25.2. The van der Waals surface area contributed by atoms with Gasteiger partial charge in [0, 0.05) is 32.4 Å². The van der Waals surface area contributed by atoms with E-state index >= 15 is 0 Å². The molecule has 0 bridgehead atoms. The zero-order chi connectivity index (χ0) is 13.0. The second-order valence-corrected chi connectivity index (χ2v) is 4.24. The second-order valence-electron chi connectivity index (χ2n) is 4.24. The lowest BCUT2D eigenvalue weighted by molar-refractivity contribution is 0.0363. The minimum absolute atomic E-state index is 0.0412. The zero-order valence-electron chi connectivity index (χ0n) is 10.2. The highest BCUT2D eigenvalue weighted by atomic mass is 16.5. The second kappa shape index (κ2) is 5.79. The number of rotatable bonds is 4. The van der Waals surface area contributed by atoms with Crippen molar-refractivity contribution in [1.82, 2.24) is 9.47 Å². The van der Waals surface area contributed by atoms with Crippen LogP contribution in [0.25, 0.3) is 0 Å². The molecular formula is C12H17N3O3. The number of pyridine rings is 1.